The second-order valence-electron chi connectivity index (χ2n) is 3.60. The molecule has 0 aromatic carbocycles. The van der Waals surface area contributed by atoms with Crippen molar-refractivity contribution in [3.8, 4) is 0 Å². The molecule has 1 N–H and O–H groups in total. The zero-order chi connectivity index (χ0) is 12.8. The SMILES string of the molecule is CCCNS(=O)(=O)N(C)CC(C)C(=O)OC. The van der Waals surface area contributed by atoms with Crippen LogP contribution in [0.1, 0.15) is 20.3 Å². The predicted octanol–water partition coefficient (Wildman–Crippen LogP) is -0.0283. The van der Waals surface area contributed by atoms with Crippen LogP contribution in [0.2, 0.25) is 0 Å². The summed E-state index contributed by atoms with van der Waals surface area (Å²) in [4.78, 5) is 11.1. The molecule has 6 nitrogen and oxygen atoms in total. The summed E-state index contributed by atoms with van der Waals surface area (Å²) in [5, 5.41) is 0. The lowest BCUT2D eigenvalue weighted by atomic mass is 10.2. The molecule has 0 aliphatic carbocycles. The van der Waals surface area contributed by atoms with Gasteiger partial charge in [0.25, 0.3) is 10.2 Å². The molecule has 96 valence electrons. The van der Waals surface area contributed by atoms with Gasteiger partial charge in [-0.3, -0.25) is 4.79 Å². The van der Waals surface area contributed by atoms with Crippen LogP contribution in [0, 0.1) is 5.92 Å². The van der Waals surface area contributed by atoms with Crippen molar-refractivity contribution in [2.24, 2.45) is 5.92 Å². The molecule has 0 saturated heterocycles. The van der Waals surface area contributed by atoms with Crippen LogP contribution in [0.3, 0.4) is 0 Å². The summed E-state index contributed by atoms with van der Waals surface area (Å²) < 4.78 is 31.3. The molecule has 16 heavy (non-hydrogen) atoms. The standard InChI is InChI=1S/C9H20N2O4S/c1-5-6-10-16(13,14)11(3)7-8(2)9(12)15-4/h8,10H,5-7H2,1-4H3. The molecule has 0 aromatic rings. The van der Waals surface area contributed by atoms with E-state index in [4.69, 9.17) is 0 Å². The van der Waals surface area contributed by atoms with Gasteiger partial charge >= 0.3 is 5.97 Å². The van der Waals surface area contributed by atoms with E-state index in [0.29, 0.717) is 6.54 Å². The van der Waals surface area contributed by atoms with E-state index in [1.165, 1.54) is 14.2 Å². The number of ether oxygens (including phenoxy) is 1. The number of hydrogen-bond donors (Lipinski definition) is 1. The van der Waals surface area contributed by atoms with Crippen molar-refractivity contribution >= 4 is 16.2 Å². The Balaban J connectivity index is 4.34. The Kier molecular flexibility index (Phi) is 6.54. The topological polar surface area (TPSA) is 75.7 Å². The number of rotatable bonds is 7. The van der Waals surface area contributed by atoms with Crippen LogP contribution in [0.25, 0.3) is 0 Å². The lowest BCUT2D eigenvalue weighted by Crippen LogP contribution is -2.41. The van der Waals surface area contributed by atoms with Crippen molar-refractivity contribution in [1.29, 1.82) is 0 Å². The number of methoxy groups -OCH3 is 1. The highest BCUT2D eigenvalue weighted by molar-refractivity contribution is 7.87. The van der Waals surface area contributed by atoms with Crippen LogP contribution in [0.15, 0.2) is 0 Å². The summed E-state index contributed by atoms with van der Waals surface area (Å²) in [5.41, 5.74) is 0. The minimum atomic E-state index is -3.48. The molecule has 0 heterocycles. The Morgan fingerprint density at radius 3 is 2.50 bits per heavy atom. The van der Waals surface area contributed by atoms with Gasteiger partial charge in [0, 0.05) is 20.1 Å². The maximum Gasteiger partial charge on any atom is 0.309 e. The van der Waals surface area contributed by atoms with Crippen LogP contribution in [-0.2, 0) is 19.7 Å². The van der Waals surface area contributed by atoms with Gasteiger partial charge in [0.15, 0.2) is 0 Å². The minimum Gasteiger partial charge on any atom is -0.469 e. The van der Waals surface area contributed by atoms with Gasteiger partial charge in [-0.25, -0.2) is 4.72 Å². The van der Waals surface area contributed by atoms with Gasteiger partial charge in [0.2, 0.25) is 0 Å². The van der Waals surface area contributed by atoms with Crippen molar-refractivity contribution in [1.82, 2.24) is 9.03 Å². The van der Waals surface area contributed by atoms with Crippen LogP contribution in [0.4, 0.5) is 0 Å². The number of carbonyl (C=O) groups excluding carboxylic acids is 1. The average molecular weight is 252 g/mol. The van der Waals surface area contributed by atoms with Gasteiger partial charge in [-0.05, 0) is 6.42 Å². The van der Waals surface area contributed by atoms with Crippen molar-refractivity contribution < 1.29 is 17.9 Å². The molecule has 0 rings (SSSR count). The van der Waals surface area contributed by atoms with E-state index in [1.807, 2.05) is 6.92 Å². The van der Waals surface area contributed by atoms with E-state index in [0.717, 1.165) is 10.7 Å². The Labute approximate surface area is 97.1 Å². The second-order valence-corrected chi connectivity index (χ2v) is 5.47. The Hall–Kier alpha value is -0.660. The molecular weight excluding hydrogens is 232 g/mol. The highest BCUT2D eigenvalue weighted by atomic mass is 32.2. The summed E-state index contributed by atoms with van der Waals surface area (Å²) in [5.74, 6) is -0.897. The summed E-state index contributed by atoms with van der Waals surface area (Å²) in [6.45, 7) is 3.99. The fourth-order valence-electron chi connectivity index (χ4n) is 1.10. The fourth-order valence-corrected chi connectivity index (χ4v) is 2.20. The van der Waals surface area contributed by atoms with Crippen LogP contribution in [-0.4, -0.2) is 45.9 Å². The maximum atomic E-state index is 11.6. The number of esters is 1. The van der Waals surface area contributed by atoms with Crippen molar-refractivity contribution in [3.05, 3.63) is 0 Å². The van der Waals surface area contributed by atoms with Gasteiger partial charge in [-0.15, -0.1) is 0 Å². The zero-order valence-corrected chi connectivity index (χ0v) is 11.0. The first-order valence-electron chi connectivity index (χ1n) is 5.13. The Morgan fingerprint density at radius 1 is 1.50 bits per heavy atom. The molecule has 0 aromatic heterocycles. The van der Waals surface area contributed by atoms with Crippen LogP contribution >= 0.6 is 0 Å². The van der Waals surface area contributed by atoms with Crippen LogP contribution in [0.5, 0.6) is 0 Å². The molecule has 0 amide bonds. The van der Waals surface area contributed by atoms with Crippen molar-refractivity contribution in [2.45, 2.75) is 20.3 Å². The van der Waals surface area contributed by atoms with E-state index in [2.05, 4.69) is 9.46 Å². The largest absolute Gasteiger partial charge is 0.469 e. The molecule has 0 bridgehead atoms. The van der Waals surface area contributed by atoms with E-state index in [1.54, 1.807) is 6.92 Å². The summed E-state index contributed by atoms with van der Waals surface area (Å²) in [6.07, 6.45) is 0.722. The second kappa shape index (κ2) is 6.82. The summed E-state index contributed by atoms with van der Waals surface area (Å²) in [7, 11) is -0.775. The highest BCUT2D eigenvalue weighted by Crippen LogP contribution is 2.03. The van der Waals surface area contributed by atoms with E-state index in [9.17, 15) is 13.2 Å². The zero-order valence-electron chi connectivity index (χ0n) is 10.2. The molecule has 0 aliphatic rings. The van der Waals surface area contributed by atoms with Crippen LogP contribution < -0.4 is 4.72 Å². The first-order chi connectivity index (χ1) is 7.35. The maximum absolute atomic E-state index is 11.6. The van der Waals surface area contributed by atoms with Gasteiger partial charge in [0.1, 0.15) is 0 Å². The quantitative estimate of drug-likeness (QED) is 0.646. The monoisotopic (exact) mass is 252 g/mol. The Morgan fingerprint density at radius 2 is 2.06 bits per heavy atom. The molecule has 1 atom stereocenters. The summed E-state index contributed by atoms with van der Waals surface area (Å²) in [6, 6.07) is 0. The predicted molar refractivity (Wildman–Crippen MR) is 61.0 cm³/mol. The molecule has 0 saturated carbocycles. The number of hydrogen-bond acceptors (Lipinski definition) is 4. The smallest absolute Gasteiger partial charge is 0.309 e. The van der Waals surface area contributed by atoms with E-state index < -0.39 is 22.1 Å². The molecule has 7 heteroatoms. The fraction of sp³-hybridized carbons (Fsp3) is 0.889. The van der Waals surface area contributed by atoms with Gasteiger partial charge in [-0.1, -0.05) is 13.8 Å². The third-order valence-electron chi connectivity index (χ3n) is 2.08. The van der Waals surface area contributed by atoms with E-state index in [-0.39, 0.29) is 6.54 Å². The lowest BCUT2D eigenvalue weighted by Gasteiger charge is -2.20. The first kappa shape index (κ1) is 15.3. The number of carbonyl (C=O) groups is 1. The molecule has 0 spiro atoms. The molecule has 0 radical (unpaired) electrons. The average Bonchev–Trinajstić information content (AvgIpc) is 2.24. The Bertz CT molecular complexity index is 315. The number of nitrogens with one attached hydrogen (secondary N) is 1. The normalized spacial score (nSPS) is 13.8. The molecule has 0 aliphatic heterocycles. The molecular formula is C9H20N2O4S. The van der Waals surface area contributed by atoms with Gasteiger partial charge in [-0.2, -0.15) is 12.7 Å². The van der Waals surface area contributed by atoms with Gasteiger partial charge in [0.05, 0.1) is 13.0 Å². The highest BCUT2D eigenvalue weighted by Gasteiger charge is 2.22. The lowest BCUT2D eigenvalue weighted by molar-refractivity contribution is -0.144. The van der Waals surface area contributed by atoms with Gasteiger partial charge < -0.3 is 4.74 Å². The minimum absolute atomic E-state index is 0.103. The molecule has 0 fully saturated rings. The van der Waals surface area contributed by atoms with Crippen molar-refractivity contribution in [3.63, 3.8) is 0 Å². The van der Waals surface area contributed by atoms with E-state index >= 15 is 0 Å². The van der Waals surface area contributed by atoms with Crippen molar-refractivity contribution in [2.75, 3.05) is 27.2 Å². The molecule has 1 unspecified atom stereocenters. The number of nitrogens with zero attached hydrogens (tertiary/aromatic N) is 1. The first-order valence-corrected chi connectivity index (χ1v) is 6.57. The third kappa shape index (κ3) is 4.91. The third-order valence-corrected chi connectivity index (χ3v) is 3.62. The summed E-state index contributed by atoms with van der Waals surface area (Å²) >= 11 is 0.